The maximum atomic E-state index is 13.4. The number of esters is 1. The molecule has 3 aromatic carbocycles. The number of hydrogen-bond donors (Lipinski definition) is 3. The lowest BCUT2D eigenvalue weighted by molar-refractivity contribution is 0.0589. The van der Waals surface area contributed by atoms with Gasteiger partial charge in [-0.1, -0.05) is 12.1 Å². The molecule has 38 heavy (non-hydrogen) atoms. The number of carbonyl (C=O) groups excluding carboxylic acids is 1. The number of fused-ring (bicyclic) bond motifs is 3. The van der Waals surface area contributed by atoms with Crippen molar-refractivity contribution >= 4 is 5.97 Å². The van der Waals surface area contributed by atoms with Crippen LogP contribution in [0.1, 0.15) is 16.1 Å². The number of phenols is 3. The summed E-state index contributed by atoms with van der Waals surface area (Å²) in [6.45, 7) is 0.440. The summed E-state index contributed by atoms with van der Waals surface area (Å²) in [4.78, 5) is 13.4. The fourth-order valence-electron chi connectivity index (χ4n) is 5.09. The summed E-state index contributed by atoms with van der Waals surface area (Å²) in [7, 11) is 5.71. The van der Waals surface area contributed by atoms with E-state index in [1.165, 1.54) is 40.6 Å². The Balaban J connectivity index is 1.96. The predicted molar refractivity (Wildman–Crippen MR) is 140 cm³/mol. The Hall–Kier alpha value is -4.79. The molecule has 196 valence electrons. The second kappa shape index (κ2) is 9.59. The van der Waals surface area contributed by atoms with Gasteiger partial charge in [-0.3, -0.25) is 0 Å². The molecule has 0 saturated heterocycles. The van der Waals surface area contributed by atoms with Gasteiger partial charge in [0.1, 0.15) is 5.69 Å². The molecule has 2 heterocycles. The number of aromatic hydroxyl groups is 3. The molecule has 0 fully saturated rings. The van der Waals surface area contributed by atoms with Crippen molar-refractivity contribution in [3.05, 3.63) is 59.8 Å². The molecule has 1 aromatic heterocycles. The van der Waals surface area contributed by atoms with Crippen molar-refractivity contribution in [2.75, 3.05) is 28.4 Å². The molecule has 5 rings (SSSR count). The Bertz CT molecular complexity index is 1570. The highest BCUT2D eigenvalue weighted by molar-refractivity contribution is 6.07. The first-order valence-electron chi connectivity index (χ1n) is 11.8. The van der Waals surface area contributed by atoms with Crippen molar-refractivity contribution in [3.8, 4) is 68.0 Å². The summed E-state index contributed by atoms with van der Waals surface area (Å²) in [6.07, 6.45) is 0.551. The van der Waals surface area contributed by atoms with Gasteiger partial charge in [-0.25, -0.2) is 4.79 Å². The first kappa shape index (κ1) is 24.9. The van der Waals surface area contributed by atoms with Crippen LogP contribution in [0.5, 0.6) is 34.5 Å². The smallest absolute Gasteiger partial charge is 0.355 e. The molecule has 1 aliphatic rings. The zero-order valence-electron chi connectivity index (χ0n) is 21.4. The van der Waals surface area contributed by atoms with E-state index in [4.69, 9.17) is 18.9 Å². The van der Waals surface area contributed by atoms with Gasteiger partial charge in [0.05, 0.1) is 34.1 Å². The summed E-state index contributed by atoms with van der Waals surface area (Å²) in [5, 5.41) is 31.0. The average Bonchev–Trinajstić information content (AvgIpc) is 3.28. The van der Waals surface area contributed by atoms with Gasteiger partial charge < -0.3 is 38.8 Å². The normalized spacial score (nSPS) is 11.9. The van der Waals surface area contributed by atoms with Gasteiger partial charge in [0.2, 0.25) is 0 Å². The molecule has 0 atom stereocenters. The van der Waals surface area contributed by atoms with Crippen LogP contribution < -0.4 is 14.2 Å². The molecule has 0 amide bonds. The second-order valence-corrected chi connectivity index (χ2v) is 8.79. The largest absolute Gasteiger partial charge is 0.504 e. The number of rotatable bonds is 6. The Morgan fingerprint density at radius 3 is 1.84 bits per heavy atom. The Morgan fingerprint density at radius 1 is 0.737 bits per heavy atom. The van der Waals surface area contributed by atoms with E-state index < -0.39 is 5.97 Å². The molecule has 0 unspecified atom stereocenters. The SMILES string of the molecule is COC(=O)c1c(-c2ccc(O)c(OC)c2)c(-c2ccc(O)c(OC)c2)c2n1CCc1cc(O)c(OC)cc1-2. The van der Waals surface area contributed by atoms with Gasteiger partial charge in [-0.2, -0.15) is 0 Å². The number of nitrogens with zero attached hydrogens (tertiary/aromatic N) is 1. The molecule has 1 aliphatic heterocycles. The number of benzene rings is 3. The predicted octanol–water partition coefficient (Wildman–Crippen LogP) is 4.97. The monoisotopic (exact) mass is 517 g/mol. The van der Waals surface area contributed by atoms with Gasteiger partial charge in [0.15, 0.2) is 34.5 Å². The molecule has 0 aliphatic carbocycles. The zero-order valence-corrected chi connectivity index (χ0v) is 21.4. The molecule has 0 spiro atoms. The van der Waals surface area contributed by atoms with Crippen LogP contribution in [0.15, 0.2) is 48.5 Å². The maximum Gasteiger partial charge on any atom is 0.355 e. The lowest BCUT2D eigenvalue weighted by atomic mass is 9.89. The summed E-state index contributed by atoms with van der Waals surface area (Å²) in [5.41, 5.74) is 5.18. The van der Waals surface area contributed by atoms with Crippen LogP contribution >= 0.6 is 0 Å². The van der Waals surface area contributed by atoms with Crippen LogP contribution in [0.25, 0.3) is 33.5 Å². The minimum Gasteiger partial charge on any atom is -0.504 e. The number of aryl methyl sites for hydroxylation is 1. The van der Waals surface area contributed by atoms with Crippen molar-refractivity contribution in [1.82, 2.24) is 4.57 Å². The molecule has 9 heteroatoms. The third-order valence-corrected chi connectivity index (χ3v) is 6.84. The zero-order chi connectivity index (χ0) is 27.1. The van der Waals surface area contributed by atoms with Gasteiger partial charge >= 0.3 is 5.97 Å². The second-order valence-electron chi connectivity index (χ2n) is 8.79. The molecular formula is C29H27NO8. The van der Waals surface area contributed by atoms with E-state index >= 15 is 0 Å². The number of ether oxygens (including phenoxy) is 4. The van der Waals surface area contributed by atoms with E-state index in [9.17, 15) is 20.1 Å². The third-order valence-electron chi connectivity index (χ3n) is 6.84. The molecule has 9 nitrogen and oxygen atoms in total. The van der Waals surface area contributed by atoms with Crippen LogP contribution in [0, 0.1) is 0 Å². The van der Waals surface area contributed by atoms with Crippen molar-refractivity contribution in [3.63, 3.8) is 0 Å². The molecule has 4 aromatic rings. The highest BCUT2D eigenvalue weighted by Crippen LogP contribution is 2.51. The quantitative estimate of drug-likeness (QED) is 0.307. The lowest BCUT2D eigenvalue weighted by Gasteiger charge is -2.23. The van der Waals surface area contributed by atoms with Crippen LogP contribution in [0.4, 0.5) is 0 Å². The third kappa shape index (κ3) is 3.83. The van der Waals surface area contributed by atoms with Gasteiger partial charge in [-0.05, 0) is 59.5 Å². The van der Waals surface area contributed by atoms with E-state index in [1.807, 2.05) is 4.57 Å². The summed E-state index contributed by atoms with van der Waals surface area (Å²) < 4.78 is 23.3. The topological polar surface area (TPSA) is 120 Å². The summed E-state index contributed by atoms with van der Waals surface area (Å²) in [6, 6.07) is 13.2. The van der Waals surface area contributed by atoms with Crippen molar-refractivity contribution in [2.24, 2.45) is 0 Å². The first-order chi connectivity index (χ1) is 18.3. The van der Waals surface area contributed by atoms with E-state index in [1.54, 1.807) is 36.4 Å². The van der Waals surface area contributed by atoms with E-state index in [-0.39, 0.29) is 28.7 Å². The number of aromatic nitrogens is 1. The van der Waals surface area contributed by atoms with E-state index in [0.29, 0.717) is 52.4 Å². The minimum atomic E-state index is -0.542. The molecule has 0 saturated carbocycles. The van der Waals surface area contributed by atoms with E-state index in [2.05, 4.69) is 0 Å². The van der Waals surface area contributed by atoms with E-state index in [0.717, 1.165) is 11.1 Å². The number of hydrogen-bond acceptors (Lipinski definition) is 8. The molecular weight excluding hydrogens is 490 g/mol. The van der Waals surface area contributed by atoms with Crippen LogP contribution in [-0.4, -0.2) is 54.3 Å². The highest BCUT2D eigenvalue weighted by Gasteiger charge is 2.34. The fourth-order valence-corrected chi connectivity index (χ4v) is 5.09. The molecule has 0 bridgehead atoms. The minimum absolute atomic E-state index is 0.0239. The van der Waals surface area contributed by atoms with Crippen molar-refractivity contribution < 1.29 is 39.1 Å². The highest BCUT2D eigenvalue weighted by atomic mass is 16.5. The van der Waals surface area contributed by atoms with Crippen molar-refractivity contribution in [2.45, 2.75) is 13.0 Å². The Labute approximate surface area is 219 Å². The van der Waals surface area contributed by atoms with Gasteiger partial charge in [-0.15, -0.1) is 0 Å². The lowest BCUT2D eigenvalue weighted by Crippen LogP contribution is -2.17. The number of carbonyl (C=O) groups is 1. The first-order valence-corrected chi connectivity index (χ1v) is 11.8. The summed E-state index contributed by atoms with van der Waals surface area (Å²) in [5.74, 6) is 0.199. The van der Waals surface area contributed by atoms with Crippen molar-refractivity contribution in [1.29, 1.82) is 0 Å². The van der Waals surface area contributed by atoms with Crippen LogP contribution in [-0.2, 0) is 17.7 Å². The van der Waals surface area contributed by atoms with Crippen LogP contribution in [0.2, 0.25) is 0 Å². The summed E-state index contributed by atoms with van der Waals surface area (Å²) >= 11 is 0. The molecule has 3 N–H and O–H groups in total. The van der Waals surface area contributed by atoms with Crippen LogP contribution in [0.3, 0.4) is 0 Å². The maximum absolute atomic E-state index is 13.4. The molecule has 0 radical (unpaired) electrons. The number of phenolic OH excluding ortho intramolecular Hbond substituents is 3. The fraction of sp³-hybridized carbons (Fsp3) is 0.207. The average molecular weight is 518 g/mol. The van der Waals surface area contributed by atoms with Gasteiger partial charge in [0, 0.05) is 23.2 Å². The van der Waals surface area contributed by atoms with Gasteiger partial charge in [0.25, 0.3) is 0 Å². The Morgan fingerprint density at radius 2 is 1.29 bits per heavy atom. The number of methoxy groups -OCH3 is 4. The standard InChI is InChI=1S/C29H27NO8/c1-35-22-12-16(5-7-19(22)31)25-26(17-6-8-20(32)23(13-17)36-2)28(29(34)38-4)30-10-9-15-11-21(33)24(37-3)14-18(15)27(25)30/h5-8,11-14,31-33H,9-10H2,1-4H3. The Kier molecular flexibility index (Phi) is 6.28.